The van der Waals surface area contributed by atoms with Crippen LogP contribution in [0.3, 0.4) is 0 Å². The molecule has 2 rings (SSSR count). The van der Waals surface area contributed by atoms with E-state index in [0.717, 1.165) is 31.0 Å². The van der Waals surface area contributed by atoms with E-state index in [2.05, 4.69) is 4.74 Å². The number of halogens is 6. The summed E-state index contributed by atoms with van der Waals surface area (Å²) in [4.78, 5) is 0. The SMILES string of the molecule is CCCCCOc1ccc(OC(F)(F)c2ccc(OCC)c(F)c2F)c(F)c1F. The largest absolute Gasteiger partial charge is 0.491 e. The minimum atomic E-state index is -4.48. The average Bonchev–Trinajstić information content (AvgIpc) is 2.67. The fraction of sp³-hybridized carbons (Fsp3) is 0.400. The van der Waals surface area contributed by atoms with Crippen molar-refractivity contribution in [1.29, 1.82) is 0 Å². The molecule has 0 aliphatic carbocycles. The Bertz CT molecular complexity index is 841. The summed E-state index contributed by atoms with van der Waals surface area (Å²) in [6, 6.07) is 2.98. The Morgan fingerprint density at radius 2 is 1.28 bits per heavy atom. The number of hydrogen-bond acceptors (Lipinski definition) is 3. The van der Waals surface area contributed by atoms with Gasteiger partial charge in [-0.1, -0.05) is 19.8 Å². The molecule has 160 valence electrons. The number of ether oxygens (including phenoxy) is 3. The summed E-state index contributed by atoms with van der Waals surface area (Å²) in [6.07, 6.45) is -2.16. The molecular formula is C20H20F6O3. The maximum Gasteiger partial charge on any atom is 0.429 e. The number of alkyl halides is 2. The van der Waals surface area contributed by atoms with Gasteiger partial charge in [0.05, 0.1) is 13.2 Å². The molecule has 9 heteroatoms. The van der Waals surface area contributed by atoms with Crippen molar-refractivity contribution in [2.45, 2.75) is 39.2 Å². The van der Waals surface area contributed by atoms with E-state index in [9.17, 15) is 26.3 Å². The topological polar surface area (TPSA) is 27.7 Å². The second-order valence-corrected chi connectivity index (χ2v) is 6.04. The molecule has 0 fully saturated rings. The minimum absolute atomic E-state index is 0.0139. The molecule has 3 nitrogen and oxygen atoms in total. The van der Waals surface area contributed by atoms with E-state index >= 15 is 0 Å². The zero-order chi connectivity index (χ0) is 21.6. The zero-order valence-corrected chi connectivity index (χ0v) is 15.8. The third-order valence-corrected chi connectivity index (χ3v) is 3.92. The Morgan fingerprint density at radius 1 is 0.724 bits per heavy atom. The maximum absolute atomic E-state index is 14.3. The van der Waals surface area contributed by atoms with Crippen molar-refractivity contribution >= 4 is 0 Å². The quantitative estimate of drug-likeness (QED) is 0.330. The van der Waals surface area contributed by atoms with Crippen LogP contribution < -0.4 is 14.2 Å². The molecule has 0 spiro atoms. The molecule has 0 aliphatic heterocycles. The predicted octanol–water partition coefficient (Wildman–Crippen LogP) is 6.34. The van der Waals surface area contributed by atoms with Crippen LogP contribution in [0, 0.1) is 23.3 Å². The lowest BCUT2D eigenvalue weighted by molar-refractivity contribution is -0.189. The van der Waals surface area contributed by atoms with E-state index in [1.54, 1.807) is 0 Å². The molecule has 0 bridgehead atoms. The first-order valence-electron chi connectivity index (χ1n) is 9.01. The molecule has 0 unspecified atom stereocenters. The van der Waals surface area contributed by atoms with Gasteiger partial charge in [0.1, 0.15) is 5.56 Å². The van der Waals surface area contributed by atoms with E-state index < -0.39 is 52.2 Å². The van der Waals surface area contributed by atoms with Gasteiger partial charge in [-0.25, -0.2) is 4.39 Å². The minimum Gasteiger partial charge on any atom is -0.491 e. The van der Waals surface area contributed by atoms with Crippen LogP contribution >= 0.6 is 0 Å². The van der Waals surface area contributed by atoms with E-state index in [0.29, 0.717) is 12.5 Å². The van der Waals surface area contributed by atoms with Crippen LogP contribution in [0.2, 0.25) is 0 Å². The number of unbranched alkanes of at least 4 members (excludes halogenated alkanes) is 2. The third-order valence-electron chi connectivity index (χ3n) is 3.92. The highest BCUT2D eigenvalue weighted by atomic mass is 19.3. The third kappa shape index (κ3) is 5.27. The standard InChI is InChI=1S/C20H20F6O3/c1-3-5-6-11-28-14-9-10-15(19(24)18(14)23)29-20(25,26)12-7-8-13(27-4-2)17(22)16(12)21/h7-10H,3-6,11H2,1-2H3. The summed E-state index contributed by atoms with van der Waals surface area (Å²) >= 11 is 0. The van der Waals surface area contributed by atoms with Gasteiger partial charge in [0.2, 0.25) is 17.5 Å². The predicted molar refractivity (Wildman–Crippen MR) is 93.4 cm³/mol. The molecule has 0 saturated heterocycles. The van der Waals surface area contributed by atoms with Gasteiger partial charge in [0.15, 0.2) is 23.1 Å². The van der Waals surface area contributed by atoms with E-state index in [1.807, 2.05) is 6.92 Å². The molecule has 0 aliphatic rings. The maximum atomic E-state index is 14.3. The summed E-state index contributed by atoms with van der Waals surface area (Å²) in [5, 5.41) is 0. The summed E-state index contributed by atoms with van der Waals surface area (Å²) < 4.78 is 98.7. The van der Waals surface area contributed by atoms with Gasteiger partial charge in [-0.2, -0.15) is 22.0 Å². The lowest BCUT2D eigenvalue weighted by Crippen LogP contribution is -2.25. The summed E-state index contributed by atoms with van der Waals surface area (Å²) in [6.45, 7) is 3.56. The van der Waals surface area contributed by atoms with Crippen molar-refractivity contribution in [3.63, 3.8) is 0 Å². The molecule has 0 amide bonds. The molecule has 29 heavy (non-hydrogen) atoms. The molecule has 0 heterocycles. The number of benzene rings is 2. The van der Waals surface area contributed by atoms with Crippen LogP contribution in [0.4, 0.5) is 26.3 Å². The van der Waals surface area contributed by atoms with Crippen LogP contribution in [0.5, 0.6) is 17.2 Å². The van der Waals surface area contributed by atoms with Crippen molar-refractivity contribution in [1.82, 2.24) is 0 Å². The first-order chi connectivity index (χ1) is 13.7. The lowest BCUT2D eigenvalue weighted by atomic mass is 10.1. The molecule has 0 saturated carbocycles. The Morgan fingerprint density at radius 3 is 1.93 bits per heavy atom. The summed E-state index contributed by atoms with van der Waals surface area (Å²) in [7, 11) is 0. The smallest absolute Gasteiger partial charge is 0.429 e. The van der Waals surface area contributed by atoms with E-state index in [4.69, 9.17) is 9.47 Å². The average molecular weight is 422 g/mol. The molecule has 2 aromatic carbocycles. The van der Waals surface area contributed by atoms with E-state index in [1.165, 1.54) is 6.92 Å². The van der Waals surface area contributed by atoms with Crippen LogP contribution in [-0.4, -0.2) is 13.2 Å². The first-order valence-corrected chi connectivity index (χ1v) is 9.01. The van der Waals surface area contributed by atoms with Crippen molar-refractivity contribution in [2.24, 2.45) is 0 Å². The lowest BCUT2D eigenvalue weighted by Gasteiger charge is -2.20. The normalized spacial score (nSPS) is 11.4. The van der Waals surface area contributed by atoms with Crippen molar-refractivity contribution in [3.05, 3.63) is 53.1 Å². The number of rotatable bonds is 10. The van der Waals surface area contributed by atoms with Crippen LogP contribution in [-0.2, 0) is 6.11 Å². The highest BCUT2D eigenvalue weighted by Crippen LogP contribution is 2.38. The molecule has 0 radical (unpaired) electrons. The molecule has 0 aromatic heterocycles. The van der Waals surface area contributed by atoms with Crippen molar-refractivity contribution in [2.75, 3.05) is 13.2 Å². The van der Waals surface area contributed by atoms with Gasteiger partial charge < -0.3 is 14.2 Å². The van der Waals surface area contributed by atoms with Crippen LogP contribution in [0.15, 0.2) is 24.3 Å². The zero-order valence-electron chi connectivity index (χ0n) is 15.8. The molecule has 0 N–H and O–H groups in total. The Kier molecular flexibility index (Phi) is 7.64. The highest BCUT2D eigenvalue weighted by Gasteiger charge is 2.40. The first kappa shape index (κ1) is 22.7. The highest BCUT2D eigenvalue weighted by molar-refractivity contribution is 5.37. The Balaban J connectivity index is 2.24. The van der Waals surface area contributed by atoms with Crippen LogP contribution in [0.25, 0.3) is 0 Å². The monoisotopic (exact) mass is 422 g/mol. The fourth-order valence-corrected chi connectivity index (χ4v) is 2.46. The van der Waals surface area contributed by atoms with Crippen molar-refractivity contribution < 1.29 is 40.6 Å². The van der Waals surface area contributed by atoms with Gasteiger partial charge in [-0.3, -0.25) is 0 Å². The Hall–Kier alpha value is -2.58. The van der Waals surface area contributed by atoms with Gasteiger partial charge >= 0.3 is 6.11 Å². The van der Waals surface area contributed by atoms with Gasteiger partial charge in [-0.05, 0) is 37.6 Å². The number of hydrogen-bond donors (Lipinski definition) is 0. The summed E-state index contributed by atoms with van der Waals surface area (Å²) in [5.41, 5.74) is -1.49. The second kappa shape index (κ2) is 9.76. The van der Waals surface area contributed by atoms with Gasteiger partial charge in [-0.15, -0.1) is 0 Å². The molecule has 2 aromatic rings. The Labute approximate surface area is 164 Å². The van der Waals surface area contributed by atoms with Crippen LogP contribution in [0.1, 0.15) is 38.7 Å². The second-order valence-electron chi connectivity index (χ2n) is 6.04. The van der Waals surface area contributed by atoms with Gasteiger partial charge in [0, 0.05) is 0 Å². The fourth-order valence-electron chi connectivity index (χ4n) is 2.46. The van der Waals surface area contributed by atoms with E-state index in [-0.39, 0.29) is 13.2 Å². The van der Waals surface area contributed by atoms with Crippen molar-refractivity contribution in [3.8, 4) is 17.2 Å². The molecule has 0 atom stereocenters. The summed E-state index contributed by atoms with van der Waals surface area (Å²) in [5.74, 6) is -9.02. The van der Waals surface area contributed by atoms with Gasteiger partial charge in [0.25, 0.3) is 0 Å². The molecular weight excluding hydrogens is 402 g/mol.